The summed E-state index contributed by atoms with van der Waals surface area (Å²) in [7, 11) is 0. The van der Waals surface area contributed by atoms with Crippen LogP contribution in [0.25, 0.3) is 0 Å². The fourth-order valence-electron chi connectivity index (χ4n) is 1.15. The number of hydrogen-bond acceptors (Lipinski definition) is 4. The molecule has 0 radical (unpaired) electrons. The molecule has 0 aromatic heterocycles. The van der Waals surface area contributed by atoms with E-state index in [-0.39, 0.29) is 25.1 Å². The van der Waals surface area contributed by atoms with Gasteiger partial charge in [0.15, 0.2) is 0 Å². The number of nitriles is 1. The maximum atomic E-state index is 11.3. The van der Waals surface area contributed by atoms with E-state index in [1.807, 2.05) is 13.8 Å². The molecule has 0 spiro atoms. The van der Waals surface area contributed by atoms with Gasteiger partial charge < -0.3 is 15.7 Å². The monoisotopic (exact) mass is 227 g/mol. The average molecular weight is 227 g/mol. The Balaban J connectivity index is 4.19. The van der Waals surface area contributed by atoms with E-state index in [1.165, 1.54) is 0 Å². The number of rotatable bonds is 5. The summed E-state index contributed by atoms with van der Waals surface area (Å²) in [5.74, 6) is -1.48. The second kappa shape index (κ2) is 7.65. The minimum absolute atomic E-state index is 0.0526. The summed E-state index contributed by atoms with van der Waals surface area (Å²) < 4.78 is 0. The van der Waals surface area contributed by atoms with Crippen LogP contribution in [-0.2, 0) is 9.59 Å². The van der Waals surface area contributed by atoms with E-state index < -0.39 is 11.8 Å². The number of amides is 2. The average Bonchev–Trinajstić information content (AvgIpc) is 2.24. The Bertz CT molecular complexity index is 284. The highest BCUT2D eigenvalue weighted by Gasteiger charge is 2.19. The van der Waals surface area contributed by atoms with Gasteiger partial charge in [0.05, 0.1) is 6.07 Å². The number of hydrogen-bond donors (Lipinski definition) is 3. The van der Waals surface area contributed by atoms with Crippen LogP contribution in [0.3, 0.4) is 0 Å². The zero-order valence-electron chi connectivity index (χ0n) is 9.49. The van der Waals surface area contributed by atoms with E-state index in [9.17, 15) is 9.59 Å². The second-order valence-electron chi connectivity index (χ2n) is 3.68. The van der Waals surface area contributed by atoms with Crippen molar-refractivity contribution in [1.29, 1.82) is 5.26 Å². The Labute approximate surface area is 94.6 Å². The highest BCUT2D eigenvalue weighted by Crippen LogP contribution is 2.04. The fourth-order valence-corrected chi connectivity index (χ4v) is 1.15. The van der Waals surface area contributed by atoms with Crippen LogP contribution in [0.5, 0.6) is 0 Å². The van der Waals surface area contributed by atoms with Crippen molar-refractivity contribution in [1.82, 2.24) is 10.6 Å². The van der Waals surface area contributed by atoms with Crippen molar-refractivity contribution in [2.75, 3.05) is 13.2 Å². The van der Waals surface area contributed by atoms with E-state index in [0.717, 1.165) is 0 Å². The van der Waals surface area contributed by atoms with Gasteiger partial charge in [-0.15, -0.1) is 0 Å². The molecule has 0 rings (SSSR count). The van der Waals surface area contributed by atoms with Crippen LogP contribution in [0.15, 0.2) is 0 Å². The summed E-state index contributed by atoms with van der Waals surface area (Å²) >= 11 is 0. The van der Waals surface area contributed by atoms with Crippen LogP contribution in [0.2, 0.25) is 0 Å². The standard InChI is InChI=1S/C10H17N3O3/c1-7(2)8(3-6-14)13-10(16)9(15)12-5-4-11/h7-8,14H,3,5-6H2,1-2H3,(H,12,15)(H,13,16). The molecule has 0 saturated heterocycles. The van der Waals surface area contributed by atoms with Gasteiger partial charge >= 0.3 is 11.8 Å². The Morgan fingerprint density at radius 2 is 2.00 bits per heavy atom. The van der Waals surface area contributed by atoms with E-state index in [0.29, 0.717) is 6.42 Å². The number of nitrogens with zero attached hydrogens (tertiary/aromatic N) is 1. The van der Waals surface area contributed by atoms with Gasteiger partial charge in [0, 0.05) is 12.6 Å². The highest BCUT2D eigenvalue weighted by molar-refractivity contribution is 6.35. The zero-order valence-corrected chi connectivity index (χ0v) is 9.49. The van der Waals surface area contributed by atoms with Crippen molar-refractivity contribution in [2.24, 2.45) is 5.92 Å². The van der Waals surface area contributed by atoms with Gasteiger partial charge in [0.2, 0.25) is 0 Å². The van der Waals surface area contributed by atoms with Gasteiger partial charge in [-0.25, -0.2) is 0 Å². The van der Waals surface area contributed by atoms with Crippen molar-refractivity contribution in [3.63, 3.8) is 0 Å². The third kappa shape index (κ3) is 5.32. The zero-order chi connectivity index (χ0) is 12.6. The van der Waals surface area contributed by atoms with Crippen molar-refractivity contribution in [2.45, 2.75) is 26.3 Å². The number of carbonyl (C=O) groups excluding carboxylic acids is 2. The molecule has 0 heterocycles. The van der Waals surface area contributed by atoms with Gasteiger partial charge in [-0.05, 0) is 12.3 Å². The molecule has 0 aromatic rings. The first-order valence-electron chi connectivity index (χ1n) is 5.09. The molecule has 0 saturated carbocycles. The minimum atomic E-state index is -0.829. The lowest BCUT2D eigenvalue weighted by Crippen LogP contribution is -2.46. The van der Waals surface area contributed by atoms with Crippen molar-refractivity contribution < 1.29 is 14.7 Å². The molecule has 3 N–H and O–H groups in total. The summed E-state index contributed by atoms with van der Waals surface area (Å²) in [5, 5.41) is 21.7. The number of aliphatic hydroxyl groups is 1. The third-order valence-electron chi connectivity index (χ3n) is 2.10. The summed E-state index contributed by atoms with van der Waals surface area (Å²) in [4.78, 5) is 22.5. The van der Waals surface area contributed by atoms with Crippen LogP contribution in [0, 0.1) is 17.2 Å². The van der Waals surface area contributed by atoms with Crippen molar-refractivity contribution in [3.05, 3.63) is 0 Å². The number of aliphatic hydroxyl groups excluding tert-OH is 1. The Hall–Kier alpha value is -1.61. The fraction of sp³-hybridized carbons (Fsp3) is 0.700. The molecule has 0 aliphatic heterocycles. The summed E-state index contributed by atoms with van der Waals surface area (Å²) in [6, 6.07) is 1.46. The molecule has 6 nitrogen and oxygen atoms in total. The molecule has 16 heavy (non-hydrogen) atoms. The van der Waals surface area contributed by atoms with Crippen LogP contribution in [-0.4, -0.2) is 36.1 Å². The smallest absolute Gasteiger partial charge is 0.310 e. The maximum Gasteiger partial charge on any atom is 0.310 e. The summed E-state index contributed by atoms with van der Waals surface area (Å²) in [6.45, 7) is 3.52. The molecular formula is C10H17N3O3. The molecule has 0 fully saturated rings. The van der Waals surface area contributed by atoms with Gasteiger partial charge in [-0.3, -0.25) is 9.59 Å². The molecular weight excluding hydrogens is 210 g/mol. The topological polar surface area (TPSA) is 102 Å². The minimum Gasteiger partial charge on any atom is -0.396 e. The highest BCUT2D eigenvalue weighted by atomic mass is 16.3. The molecule has 1 unspecified atom stereocenters. The predicted octanol–water partition coefficient (Wildman–Crippen LogP) is -0.851. The molecule has 1 atom stereocenters. The molecule has 2 amide bonds. The molecule has 0 bridgehead atoms. The molecule has 0 aromatic carbocycles. The maximum absolute atomic E-state index is 11.3. The van der Waals surface area contributed by atoms with Crippen molar-refractivity contribution in [3.8, 4) is 6.07 Å². The SMILES string of the molecule is CC(C)C(CCO)NC(=O)C(=O)NCC#N. The lowest BCUT2D eigenvalue weighted by Gasteiger charge is -2.20. The normalized spacial score (nSPS) is 11.7. The number of carbonyl (C=O) groups is 2. The molecule has 0 aliphatic rings. The van der Waals surface area contributed by atoms with Gasteiger partial charge in [-0.2, -0.15) is 5.26 Å². The van der Waals surface area contributed by atoms with Gasteiger partial charge in [0.1, 0.15) is 6.54 Å². The lowest BCUT2D eigenvalue weighted by molar-refractivity contribution is -0.139. The summed E-state index contributed by atoms with van der Waals surface area (Å²) in [5.41, 5.74) is 0. The molecule has 0 aliphatic carbocycles. The first-order chi connectivity index (χ1) is 7.52. The predicted molar refractivity (Wildman–Crippen MR) is 57.1 cm³/mol. The first-order valence-corrected chi connectivity index (χ1v) is 5.09. The van der Waals surface area contributed by atoms with Crippen molar-refractivity contribution >= 4 is 11.8 Å². The van der Waals surface area contributed by atoms with E-state index >= 15 is 0 Å². The van der Waals surface area contributed by atoms with E-state index in [1.54, 1.807) is 6.07 Å². The number of nitrogens with one attached hydrogen (secondary N) is 2. The molecule has 6 heteroatoms. The second-order valence-corrected chi connectivity index (χ2v) is 3.68. The van der Waals surface area contributed by atoms with Gasteiger partial charge in [0.25, 0.3) is 0 Å². The Kier molecular flexibility index (Phi) is 6.88. The van der Waals surface area contributed by atoms with Crippen LogP contribution in [0.1, 0.15) is 20.3 Å². The first kappa shape index (κ1) is 14.4. The van der Waals surface area contributed by atoms with Crippen LogP contribution >= 0.6 is 0 Å². The van der Waals surface area contributed by atoms with E-state index in [4.69, 9.17) is 10.4 Å². The Morgan fingerprint density at radius 1 is 1.38 bits per heavy atom. The Morgan fingerprint density at radius 3 is 2.44 bits per heavy atom. The van der Waals surface area contributed by atoms with E-state index in [2.05, 4.69) is 10.6 Å². The van der Waals surface area contributed by atoms with Gasteiger partial charge in [-0.1, -0.05) is 13.8 Å². The van der Waals surface area contributed by atoms with Crippen LogP contribution in [0.4, 0.5) is 0 Å². The van der Waals surface area contributed by atoms with Crippen LogP contribution < -0.4 is 10.6 Å². The third-order valence-corrected chi connectivity index (χ3v) is 2.10. The quantitative estimate of drug-likeness (QED) is 0.420. The molecule has 90 valence electrons. The lowest BCUT2D eigenvalue weighted by atomic mass is 10.0. The largest absolute Gasteiger partial charge is 0.396 e. The summed E-state index contributed by atoms with van der Waals surface area (Å²) in [6.07, 6.45) is 0.398.